The SMILES string of the molecule is CCC1CCC(NCc2cnn(C)c2C)CC1. The van der Waals surface area contributed by atoms with Crippen molar-refractivity contribution in [2.75, 3.05) is 0 Å². The van der Waals surface area contributed by atoms with Gasteiger partial charge in [-0.3, -0.25) is 4.68 Å². The summed E-state index contributed by atoms with van der Waals surface area (Å²) in [5.74, 6) is 0.980. The first kappa shape index (κ1) is 12.6. The molecule has 1 saturated carbocycles. The number of nitrogens with zero attached hydrogens (tertiary/aromatic N) is 2. The molecule has 1 fully saturated rings. The fourth-order valence-electron chi connectivity index (χ4n) is 2.75. The van der Waals surface area contributed by atoms with Crippen molar-refractivity contribution >= 4 is 0 Å². The Labute approximate surface area is 105 Å². The molecule has 2 rings (SSSR count). The van der Waals surface area contributed by atoms with Crippen LogP contribution in [0.1, 0.15) is 50.3 Å². The molecule has 96 valence electrons. The Morgan fingerprint density at radius 3 is 2.59 bits per heavy atom. The van der Waals surface area contributed by atoms with Gasteiger partial charge in [-0.05, 0) is 38.5 Å². The third-order valence-electron chi connectivity index (χ3n) is 4.34. The van der Waals surface area contributed by atoms with E-state index < -0.39 is 0 Å². The van der Waals surface area contributed by atoms with E-state index >= 15 is 0 Å². The van der Waals surface area contributed by atoms with Gasteiger partial charge in [0.25, 0.3) is 0 Å². The van der Waals surface area contributed by atoms with Crippen LogP contribution >= 0.6 is 0 Å². The average molecular weight is 235 g/mol. The van der Waals surface area contributed by atoms with Gasteiger partial charge in [-0.25, -0.2) is 0 Å². The summed E-state index contributed by atoms with van der Waals surface area (Å²) in [6, 6.07) is 0.720. The molecule has 1 heterocycles. The van der Waals surface area contributed by atoms with Gasteiger partial charge in [-0.15, -0.1) is 0 Å². The van der Waals surface area contributed by atoms with Crippen LogP contribution < -0.4 is 5.32 Å². The molecule has 0 bridgehead atoms. The highest BCUT2D eigenvalue weighted by Gasteiger charge is 2.19. The summed E-state index contributed by atoms with van der Waals surface area (Å²) < 4.78 is 1.95. The number of aromatic nitrogens is 2. The number of nitrogens with one attached hydrogen (secondary N) is 1. The standard InChI is InChI=1S/C14H25N3/c1-4-12-5-7-14(8-6-12)15-9-13-10-16-17(3)11(13)2/h10,12,14-15H,4-9H2,1-3H3. The minimum atomic E-state index is 0.720. The number of hydrogen-bond acceptors (Lipinski definition) is 2. The molecule has 1 aromatic heterocycles. The van der Waals surface area contributed by atoms with Gasteiger partial charge < -0.3 is 5.32 Å². The summed E-state index contributed by atoms with van der Waals surface area (Å²) in [6.07, 6.45) is 8.84. The van der Waals surface area contributed by atoms with E-state index in [0.717, 1.165) is 18.5 Å². The van der Waals surface area contributed by atoms with E-state index in [-0.39, 0.29) is 0 Å². The van der Waals surface area contributed by atoms with E-state index in [0.29, 0.717) is 0 Å². The van der Waals surface area contributed by atoms with Crippen LogP contribution in [0.25, 0.3) is 0 Å². The van der Waals surface area contributed by atoms with Crippen LogP contribution in [0, 0.1) is 12.8 Å². The van der Waals surface area contributed by atoms with Crippen LogP contribution in [0.4, 0.5) is 0 Å². The van der Waals surface area contributed by atoms with Crippen LogP contribution in [0.2, 0.25) is 0 Å². The predicted molar refractivity (Wildman–Crippen MR) is 70.8 cm³/mol. The largest absolute Gasteiger partial charge is 0.310 e. The van der Waals surface area contributed by atoms with Crippen molar-refractivity contribution in [1.82, 2.24) is 15.1 Å². The molecule has 0 saturated heterocycles. The molecule has 3 heteroatoms. The van der Waals surface area contributed by atoms with Crippen molar-refractivity contribution < 1.29 is 0 Å². The zero-order valence-corrected chi connectivity index (χ0v) is 11.4. The molecular weight excluding hydrogens is 210 g/mol. The van der Waals surface area contributed by atoms with Crippen LogP contribution in [0.3, 0.4) is 0 Å². The molecule has 0 spiro atoms. The summed E-state index contributed by atoms with van der Waals surface area (Å²) in [5, 5.41) is 7.97. The molecule has 0 amide bonds. The Kier molecular flexibility index (Phi) is 4.21. The molecule has 0 aliphatic heterocycles. The fourth-order valence-corrected chi connectivity index (χ4v) is 2.75. The second kappa shape index (κ2) is 5.67. The van der Waals surface area contributed by atoms with Gasteiger partial charge in [-0.2, -0.15) is 5.10 Å². The molecule has 17 heavy (non-hydrogen) atoms. The monoisotopic (exact) mass is 235 g/mol. The second-order valence-electron chi connectivity index (χ2n) is 5.39. The second-order valence-corrected chi connectivity index (χ2v) is 5.39. The maximum absolute atomic E-state index is 4.28. The lowest BCUT2D eigenvalue weighted by molar-refractivity contribution is 0.285. The first-order chi connectivity index (χ1) is 8.20. The molecule has 1 aliphatic rings. The third-order valence-corrected chi connectivity index (χ3v) is 4.34. The number of aryl methyl sites for hydroxylation is 1. The van der Waals surface area contributed by atoms with Crippen LogP contribution in [-0.4, -0.2) is 15.8 Å². The molecule has 1 aliphatic carbocycles. The summed E-state index contributed by atoms with van der Waals surface area (Å²) in [7, 11) is 2.01. The highest BCUT2D eigenvalue weighted by atomic mass is 15.3. The smallest absolute Gasteiger partial charge is 0.0537 e. The maximum atomic E-state index is 4.28. The molecule has 0 atom stereocenters. The van der Waals surface area contributed by atoms with Crippen molar-refractivity contribution in [3.63, 3.8) is 0 Å². The first-order valence-electron chi connectivity index (χ1n) is 6.91. The zero-order chi connectivity index (χ0) is 12.3. The molecule has 0 aromatic carbocycles. The van der Waals surface area contributed by atoms with Gasteiger partial charge in [0.1, 0.15) is 0 Å². The van der Waals surface area contributed by atoms with Gasteiger partial charge in [-0.1, -0.05) is 13.3 Å². The highest BCUT2D eigenvalue weighted by Crippen LogP contribution is 2.26. The number of rotatable bonds is 4. The van der Waals surface area contributed by atoms with Crippen molar-refractivity contribution in [1.29, 1.82) is 0 Å². The lowest BCUT2D eigenvalue weighted by atomic mass is 9.84. The van der Waals surface area contributed by atoms with Gasteiger partial charge in [0.2, 0.25) is 0 Å². The summed E-state index contributed by atoms with van der Waals surface area (Å²) >= 11 is 0. The van der Waals surface area contributed by atoms with Gasteiger partial charge in [0, 0.05) is 30.9 Å². The van der Waals surface area contributed by atoms with Gasteiger partial charge in [0.05, 0.1) is 6.20 Å². The summed E-state index contributed by atoms with van der Waals surface area (Å²) in [6.45, 7) is 5.43. The Bertz CT molecular complexity index is 348. The summed E-state index contributed by atoms with van der Waals surface area (Å²) in [4.78, 5) is 0. The Morgan fingerprint density at radius 2 is 2.06 bits per heavy atom. The topological polar surface area (TPSA) is 29.9 Å². The quantitative estimate of drug-likeness (QED) is 0.869. The molecular formula is C14H25N3. The minimum absolute atomic E-state index is 0.720. The average Bonchev–Trinajstić information content (AvgIpc) is 2.68. The first-order valence-corrected chi connectivity index (χ1v) is 6.91. The van der Waals surface area contributed by atoms with Gasteiger partial charge in [0.15, 0.2) is 0 Å². The molecule has 1 N–H and O–H groups in total. The zero-order valence-electron chi connectivity index (χ0n) is 11.4. The lowest BCUT2D eigenvalue weighted by Gasteiger charge is -2.28. The van der Waals surface area contributed by atoms with Crippen molar-refractivity contribution in [2.24, 2.45) is 13.0 Å². The van der Waals surface area contributed by atoms with E-state index in [9.17, 15) is 0 Å². The fraction of sp³-hybridized carbons (Fsp3) is 0.786. The molecule has 0 unspecified atom stereocenters. The van der Waals surface area contributed by atoms with E-state index in [1.165, 1.54) is 43.4 Å². The van der Waals surface area contributed by atoms with E-state index in [2.05, 4.69) is 24.3 Å². The molecule has 3 nitrogen and oxygen atoms in total. The van der Waals surface area contributed by atoms with Gasteiger partial charge >= 0.3 is 0 Å². The Morgan fingerprint density at radius 1 is 1.35 bits per heavy atom. The summed E-state index contributed by atoms with van der Waals surface area (Å²) in [5.41, 5.74) is 2.62. The maximum Gasteiger partial charge on any atom is 0.0537 e. The predicted octanol–water partition coefficient (Wildman–Crippen LogP) is 2.79. The Balaban J connectivity index is 1.78. The normalized spacial score (nSPS) is 25.1. The lowest BCUT2D eigenvalue weighted by Crippen LogP contribution is -2.32. The van der Waals surface area contributed by atoms with E-state index in [4.69, 9.17) is 0 Å². The highest BCUT2D eigenvalue weighted by molar-refractivity contribution is 5.15. The minimum Gasteiger partial charge on any atom is -0.310 e. The Hall–Kier alpha value is -0.830. The van der Waals surface area contributed by atoms with Crippen molar-refractivity contribution in [3.05, 3.63) is 17.5 Å². The van der Waals surface area contributed by atoms with Crippen molar-refractivity contribution in [2.45, 2.75) is 58.5 Å². The molecule has 1 aromatic rings. The van der Waals surface area contributed by atoms with Crippen LogP contribution in [0.5, 0.6) is 0 Å². The number of hydrogen-bond donors (Lipinski definition) is 1. The van der Waals surface area contributed by atoms with E-state index in [1.807, 2.05) is 17.9 Å². The van der Waals surface area contributed by atoms with Crippen LogP contribution in [0.15, 0.2) is 6.20 Å². The molecule has 0 radical (unpaired) electrons. The van der Waals surface area contributed by atoms with Crippen LogP contribution in [-0.2, 0) is 13.6 Å². The van der Waals surface area contributed by atoms with E-state index in [1.54, 1.807) is 0 Å². The van der Waals surface area contributed by atoms with Crippen molar-refractivity contribution in [3.8, 4) is 0 Å². The third kappa shape index (κ3) is 3.09.